The molecule has 2 fully saturated rings. The number of amides is 1. The first-order chi connectivity index (χ1) is 18.3. The molecule has 3 aromatic heterocycles. The van der Waals surface area contributed by atoms with Crippen molar-refractivity contribution in [3.63, 3.8) is 0 Å². The van der Waals surface area contributed by atoms with Crippen LogP contribution in [0.5, 0.6) is 5.75 Å². The second-order valence-electron chi connectivity index (χ2n) is 10.5. The first-order valence-corrected chi connectivity index (χ1v) is 13.7. The van der Waals surface area contributed by atoms with Crippen LogP contribution in [0.3, 0.4) is 0 Å². The lowest BCUT2D eigenvalue weighted by molar-refractivity contribution is -0.132. The molecule has 6 rings (SSSR count). The molecular weight excluding hydrogens is 498 g/mol. The molecule has 10 heteroatoms. The third kappa shape index (κ3) is 4.32. The zero-order chi connectivity index (χ0) is 26.6. The fourth-order valence-corrected chi connectivity index (χ4v) is 6.64. The third-order valence-electron chi connectivity index (χ3n) is 7.71. The number of piperazine rings is 1. The van der Waals surface area contributed by atoms with Crippen LogP contribution in [0.4, 0.5) is 5.82 Å². The summed E-state index contributed by atoms with van der Waals surface area (Å²) in [6, 6.07) is 6.52. The molecule has 2 aliphatic heterocycles. The van der Waals surface area contributed by atoms with Crippen LogP contribution in [0.2, 0.25) is 0 Å². The van der Waals surface area contributed by atoms with Crippen molar-refractivity contribution in [2.45, 2.75) is 13.0 Å². The van der Waals surface area contributed by atoms with Gasteiger partial charge in [-0.2, -0.15) is 0 Å². The Kier molecular flexibility index (Phi) is 6.33. The maximum absolute atomic E-state index is 13.1. The van der Waals surface area contributed by atoms with E-state index in [1.807, 2.05) is 4.90 Å². The monoisotopic (exact) mass is 531 g/mol. The van der Waals surface area contributed by atoms with Gasteiger partial charge in [-0.15, -0.1) is 11.3 Å². The van der Waals surface area contributed by atoms with E-state index in [1.165, 1.54) is 6.33 Å². The Morgan fingerprint density at radius 3 is 2.68 bits per heavy atom. The molecule has 0 radical (unpaired) electrons. The molecule has 2 saturated heterocycles. The predicted molar refractivity (Wildman–Crippen MR) is 153 cm³/mol. The van der Waals surface area contributed by atoms with E-state index in [0.29, 0.717) is 31.0 Å². The number of hydrogen-bond acceptors (Lipinski definition) is 8. The largest absolute Gasteiger partial charge is 0.495 e. The number of carbonyl (C=O) groups excluding carboxylic acids is 1. The average Bonchev–Trinajstić information content (AvgIpc) is 3.46. The first-order valence-electron chi connectivity index (χ1n) is 12.9. The quantitative estimate of drug-likeness (QED) is 0.381. The van der Waals surface area contributed by atoms with Crippen LogP contribution < -0.4 is 10.5 Å². The number of likely N-dealkylation sites (tertiary alicyclic amines) is 1. The highest BCUT2D eigenvalue weighted by atomic mass is 32.1. The lowest BCUT2D eigenvalue weighted by Gasteiger charge is -2.41. The van der Waals surface area contributed by atoms with E-state index in [-0.39, 0.29) is 11.9 Å². The highest BCUT2D eigenvalue weighted by Crippen LogP contribution is 2.43. The van der Waals surface area contributed by atoms with Crippen LogP contribution in [-0.4, -0.2) is 95.1 Å². The van der Waals surface area contributed by atoms with E-state index < -0.39 is 0 Å². The number of nitrogens with zero attached hydrogens (tertiary/aromatic N) is 6. The van der Waals surface area contributed by atoms with E-state index in [1.54, 1.807) is 18.4 Å². The standard InChI is InChI=1S/C28H33N7O2S/c1-17-9-19-11-23(38-25(19)22(10-17)37-4)21-15-35(27-24(21)26(29)30-16-31-27)20-13-34(14-20)28(36)18(2)12-33-7-5-32(3)6-8-33/h9-11,15-16,20H,2,5-8,12-14H2,1,3-4H3,(H2,29,30,31). The van der Waals surface area contributed by atoms with Crippen molar-refractivity contribution in [1.29, 1.82) is 0 Å². The molecule has 0 spiro atoms. The number of aromatic nitrogens is 3. The van der Waals surface area contributed by atoms with Gasteiger partial charge in [0.25, 0.3) is 5.91 Å². The Bertz CT molecular complexity index is 1540. The highest BCUT2D eigenvalue weighted by molar-refractivity contribution is 7.22. The fraction of sp³-hybridized carbons (Fsp3) is 0.393. The molecule has 0 atom stereocenters. The van der Waals surface area contributed by atoms with Crippen LogP contribution in [-0.2, 0) is 4.79 Å². The molecule has 0 bridgehead atoms. The molecule has 9 nitrogen and oxygen atoms in total. The number of nitrogen functional groups attached to an aromatic ring is 1. The summed E-state index contributed by atoms with van der Waals surface area (Å²) in [6.45, 7) is 12.0. The number of hydrogen-bond donors (Lipinski definition) is 1. The van der Waals surface area contributed by atoms with Crippen molar-refractivity contribution in [1.82, 2.24) is 29.2 Å². The number of nitrogens with two attached hydrogens (primary N) is 1. The number of fused-ring (bicyclic) bond motifs is 2. The van der Waals surface area contributed by atoms with Gasteiger partial charge in [0.15, 0.2) is 0 Å². The van der Waals surface area contributed by atoms with Gasteiger partial charge in [0.2, 0.25) is 0 Å². The summed E-state index contributed by atoms with van der Waals surface area (Å²) in [5.41, 5.74) is 9.99. The van der Waals surface area contributed by atoms with Crippen LogP contribution in [0.1, 0.15) is 11.6 Å². The van der Waals surface area contributed by atoms with E-state index in [4.69, 9.17) is 10.5 Å². The van der Waals surface area contributed by atoms with E-state index in [9.17, 15) is 4.79 Å². The normalized spacial score (nSPS) is 17.3. The van der Waals surface area contributed by atoms with E-state index in [0.717, 1.165) is 69.1 Å². The lowest BCUT2D eigenvalue weighted by atomic mass is 10.1. The number of thiophene rings is 1. The summed E-state index contributed by atoms with van der Waals surface area (Å²) < 4.78 is 8.91. The lowest BCUT2D eigenvalue weighted by Crippen LogP contribution is -2.52. The van der Waals surface area contributed by atoms with Crippen LogP contribution in [0.25, 0.3) is 31.6 Å². The summed E-state index contributed by atoms with van der Waals surface area (Å²) in [6.07, 6.45) is 3.63. The highest BCUT2D eigenvalue weighted by Gasteiger charge is 2.35. The van der Waals surface area contributed by atoms with Crippen molar-refractivity contribution in [3.05, 3.63) is 48.4 Å². The van der Waals surface area contributed by atoms with Gasteiger partial charge in [-0.1, -0.05) is 12.6 Å². The average molecular weight is 532 g/mol. The minimum Gasteiger partial charge on any atom is -0.495 e. The van der Waals surface area contributed by atoms with Crippen LogP contribution in [0.15, 0.2) is 42.9 Å². The minimum absolute atomic E-state index is 0.0398. The molecule has 1 aromatic carbocycles. The van der Waals surface area contributed by atoms with Crippen molar-refractivity contribution in [3.8, 4) is 16.2 Å². The third-order valence-corrected chi connectivity index (χ3v) is 8.90. The molecule has 0 saturated carbocycles. The summed E-state index contributed by atoms with van der Waals surface area (Å²) in [5.74, 6) is 1.37. The van der Waals surface area contributed by atoms with Gasteiger partial charge in [-0.3, -0.25) is 9.69 Å². The molecule has 0 unspecified atom stereocenters. The summed E-state index contributed by atoms with van der Waals surface area (Å²) in [4.78, 5) is 29.6. The fourth-order valence-electron chi connectivity index (χ4n) is 5.49. The molecule has 5 heterocycles. The molecular formula is C28H33N7O2S. The van der Waals surface area contributed by atoms with Gasteiger partial charge in [0.1, 0.15) is 23.5 Å². The molecule has 198 valence electrons. The number of carbonyl (C=O) groups is 1. The maximum Gasteiger partial charge on any atom is 0.250 e. The number of benzene rings is 1. The predicted octanol–water partition coefficient (Wildman–Crippen LogP) is 3.40. The van der Waals surface area contributed by atoms with Gasteiger partial charge in [0.05, 0.1) is 23.2 Å². The van der Waals surface area contributed by atoms with Crippen LogP contribution in [0, 0.1) is 6.92 Å². The zero-order valence-electron chi connectivity index (χ0n) is 22.1. The number of aryl methyl sites for hydroxylation is 1. The number of likely N-dealkylation sites (N-methyl/N-ethyl adjacent to an activating group) is 1. The maximum atomic E-state index is 13.1. The van der Waals surface area contributed by atoms with Gasteiger partial charge in [0, 0.05) is 68.0 Å². The minimum atomic E-state index is 0.0398. The van der Waals surface area contributed by atoms with Gasteiger partial charge >= 0.3 is 0 Å². The molecule has 4 aromatic rings. The Labute approximate surface area is 226 Å². The number of anilines is 1. The van der Waals surface area contributed by atoms with Gasteiger partial charge < -0.3 is 24.8 Å². The zero-order valence-corrected chi connectivity index (χ0v) is 22.9. The Morgan fingerprint density at radius 1 is 1.18 bits per heavy atom. The molecule has 2 aliphatic rings. The van der Waals surface area contributed by atoms with Crippen molar-refractivity contribution < 1.29 is 9.53 Å². The van der Waals surface area contributed by atoms with Gasteiger partial charge in [-0.25, -0.2) is 9.97 Å². The second kappa shape index (κ2) is 9.68. The number of ether oxygens (including phenoxy) is 1. The smallest absolute Gasteiger partial charge is 0.250 e. The first kappa shape index (κ1) is 24.8. The molecule has 38 heavy (non-hydrogen) atoms. The summed E-state index contributed by atoms with van der Waals surface area (Å²) in [7, 11) is 3.83. The van der Waals surface area contributed by atoms with Crippen LogP contribution >= 0.6 is 11.3 Å². The Morgan fingerprint density at radius 2 is 1.95 bits per heavy atom. The van der Waals surface area contributed by atoms with Crippen molar-refractivity contribution in [2.75, 3.05) is 65.7 Å². The van der Waals surface area contributed by atoms with Crippen molar-refractivity contribution in [2.24, 2.45) is 0 Å². The molecule has 2 N–H and O–H groups in total. The van der Waals surface area contributed by atoms with E-state index in [2.05, 4.69) is 69.3 Å². The Balaban J connectivity index is 1.25. The molecule has 1 amide bonds. The molecule has 0 aliphatic carbocycles. The Hall–Kier alpha value is -3.47. The number of methoxy groups -OCH3 is 1. The number of rotatable bonds is 6. The van der Waals surface area contributed by atoms with Crippen molar-refractivity contribution >= 4 is 44.2 Å². The second-order valence-corrected chi connectivity index (χ2v) is 11.5. The topological polar surface area (TPSA) is 92.8 Å². The summed E-state index contributed by atoms with van der Waals surface area (Å²) in [5, 5.41) is 1.98. The summed E-state index contributed by atoms with van der Waals surface area (Å²) >= 11 is 1.68. The van der Waals surface area contributed by atoms with Gasteiger partial charge in [-0.05, 0) is 37.1 Å². The SMILES string of the molecule is C=C(CN1CCN(C)CC1)C(=O)N1CC(n2cc(-c3cc4cc(C)cc(OC)c4s3)c3c(N)ncnc32)C1. The van der Waals surface area contributed by atoms with E-state index >= 15 is 0 Å².